The van der Waals surface area contributed by atoms with E-state index in [0.29, 0.717) is 12.8 Å². The van der Waals surface area contributed by atoms with E-state index in [1.54, 1.807) is 18.2 Å². The van der Waals surface area contributed by atoms with Crippen molar-refractivity contribution in [3.63, 3.8) is 0 Å². The van der Waals surface area contributed by atoms with Gasteiger partial charge in [-0.1, -0.05) is 19.4 Å². The van der Waals surface area contributed by atoms with Crippen LogP contribution in [0.2, 0.25) is 0 Å². The first kappa shape index (κ1) is 24.0. The van der Waals surface area contributed by atoms with Gasteiger partial charge < -0.3 is 24.2 Å². The van der Waals surface area contributed by atoms with E-state index in [4.69, 9.17) is 13.7 Å². The molecule has 0 saturated carbocycles. The minimum absolute atomic E-state index is 0.145. The Kier molecular flexibility index (Phi) is 7.86. The summed E-state index contributed by atoms with van der Waals surface area (Å²) in [5.74, 6) is -0.458. The van der Waals surface area contributed by atoms with Crippen LogP contribution >= 0.6 is 0 Å². The summed E-state index contributed by atoms with van der Waals surface area (Å²) in [4.78, 5) is 15.6. The van der Waals surface area contributed by atoms with E-state index in [9.17, 15) is 18.3 Å². The van der Waals surface area contributed by atoms with Crippen LogP contribution in [0.5, 0.6) is 17.4 Å². The molecule has 0 spiro atoms. The molecule has 1 aromatic carbocycles. The lowest BCUT2D eigenvalue weighted by Gasteiger charge is -2.20. The highest BCUT2D eigenvalue weighted by Crippen LogP contribution is 2.37. The molecule has 2 N–H and O–H groups in total. The fourth-order valence-corrected chi connectivity index (χ4v) is 3.93. The average Bonchev–Trinajstić information content (AvgIpc) is 2.71. The van der Waals surface area contributed by atoms with Crippen LogP contribution in [-0.4, -0.2) is 50.2 Å². The number of unbranched alkanes of at least 4 members (excludes halogenated alkanes) is 1. The molecule has 2 rings (SSSR count). The molecule has 0 aliphatic carbocycles. The standard InChI is InChI=1S/C19H26N4O7S/c1-6-7-11-15-21-18(24)17(31(26,27)30-12(2)22-20-3)19(25)23(15)16-13(28-4)9-8-10-14(16)29-5/h8-10,20,25H,6-7,11H2,1-5H3/b22-12-. The van der Waals surface area contributed by atoms with Gasteiger partial charge in [-0.25, -0.2) is 0 Å². The molecule has 0 saturated heterocycles. The first-order valence-corrected chi connectivity index (χ1v) is 10.8. The van der Waals surface area contributed by atoms with Crippen molar-refractivity contribution in [2.45, 2.75) is 38.0 Å². The third-order valence-electron chi connectivity index (χ3n) is 4.23. The van der Waals surface area contributed by atoms with Gasteiger partial charge in [0, 0.05) is 20.4 Å². The number of nitrogens with zero attached hydrogens (tertiary/aromatic N) is 3. The summed E-state index contributed by atoms with van der Waals surface area (Å²) < 4.78 is 42.3. The Hall–Kier alpha value is -3.28. The Labute approximate surface area is 180 Å². The van der Waals surface area contributed by atoms with E-state index in [1.165, 1.54) is 28.2 Å². The summed E-state index contributed by atoms with van der Waals surface area (Å²) in [5.41, 5.74) is 1.42. The van der Waals surface area contributed by atoms with E-state index in [0.717, 1.165) is 11.0 Å². The smallest absolute Gasteiger partial charge is 0.351 e. The number of benzene rings is 1. The molecule has 1 heterocycles. The first-order valence-electron chi connectivity index (χ1n) is 9.43. The number of methoxy groups -OCH3 is 2. The van der Waals surface area contributed by atoms with E-state index in [-0.39, 0.29) is 28.9 Å². The number of aryl methyl sites for hydroxylation is 1. The highest BCUT2D eigenvalue weighted by Gasteiger charge is 2.32. The Morgan fingerprint density at radius 2 is 1.87 bits per heavy atom. The number of hydrogen-bond donors (Lipinski definition) is 2. The summed E-state index contributed by atoms with van der Waals surface area (Å²) in [6.45, 7) is 3.22. The van der Waals surface area contributed by atoms with Crippen LogP contribution in [0.15, 0.2) is 33.0 Å². The van der Waals surface area contributed by atoms with Crippen molar-refractivity contribution >= 4 is 16.0 Å². The molecule has 0 bridgehead atoms. The summed E-state index contributed by atoms with van der Waals surface area (Å²) >= 11 is 0. The molecule has 0 radical (unpaired) electrons. The van der Waals surface area contributed by atoms with Crippen molar-refractivity contribution in [1.82, 2.24) is 15.0 Å². The summed E-state index contributed by atoms with van der Waals surface area (Å²) in [6.07, 6.45) is 1.71. The zero-order valence-corrected chi connectivity index (χ0v) is 18.8. The minimum Gasteiger partial charge on any atom is -0.494 e. The van der Waals surface area contributed by atoms with Crippen LogP contribution in [0.1, 0.15) is 32.5 Å². The topological polar surface area (TPSA) is 141 Å². The van der Waals surface area contributed by atoms with Crippen molar-refractivity contribution in [2.75, 3.05) is 21.3 Å². The number of rotatable bonds is 9. The van der Waals surface area contributed by atoms with Gasteiger partial charge in [0.05, 0.1) is 14.2 Å². The minimum atomic E-state index is -4.75. The quantitative estimate of drug-likeness (QED) is 0.250. The molecule has 0 aliphatic rings. The third kappa shape index (κ3) is 5.08. The number of nitrogens with one attached hydrogen (secondary N) is 1. The van der Waals surface area contributed by atoms with Crippen molar-refractivity contribution in [3.05, 3.63) is 34.4 Å². The Balaban J connectivity index is 2.90. The lowest BCUT2D eigenvalue weighted by atomic mass is 10.2. The van der Waals surface area contributed by atoms with Crippen LogP contribution in [0, 0.1) is 0 Å². The molecule has 2 aromatic rings. The maximum Gasteiger partial charge on any atom is 0.351 e. The largest absolute Gasteiger partial charge is 0.494 e. The number of aromatic nitrogens is 2. The first-order chi connectivity index (χ1) is 14.7. The molecule has 1 aromatic heterocycles. The van der Waals surface area contributed by atoms with Crippen molar-refractivity contribution < 1.29 is 27.2 Å². The van der Waals surface area contributed by atoms with Crippen LogP contribution in [0.3, 0.4) is 0 Å². The van der Waals surface area contributed by atoms with E-state index >= 15 is 0 Å². The lowest BCUT2D eigenvalue weighted by molar-refractivity contribution is 0.372. The maximum atomic E-state index is 12.8. The number of hydrazone groups is 1. The summed E-state index contributed by atoms with van der Waals surface area (Å²) in [6, 6.07) is 4.87. The predicted molar refractivity (Wildman–Crippen MR) is 114 cm³/mol. The number of ether oxygens (including phenoxy) is 2. The summed E-state index contributed by atoms with van der Waals surface area (Å²) in [7, 11) is -0.478. The fourth-order valence-electron chi connectivity index (χ4n) is 2.92. The van der Waals surface area contributed by atoms with Gasteiger partial charge >= 0.3 is 10.1 Å². The Bertz CT molecular complexity index is 1100. The van der Waals surface area contributed by atoms with E-state index in [2.05, 4.69) is 15.5 Å². The van der Waals surface area contributed by atoms with Gasteiger partial charge in [0.1, 0.15) is 23.0 Å². The number of para-hydroxylation sites is 1. The van der Waals surface area contributed by atoms with E-state index < -0.39 is 26.5 Å². The SMILES string of the molecule is CCCCc1nc(=O)c(S(=O)(=O)O/C(C)=N\NC)c(O)n1-c1c(OC)cccc1OC. The Morgan fingerprint density at radius 1 is 1.26 bits per heavy atom. The number of hydrogen-bond acceptors (Lipinski definition) is 10. The van der Waals surface area contributed by atoms with Gasteiger partial charge in [-0.05, 0) is 18.6 Å². The van der Waals surface area contributed by atoms with Gasteiger partial charge in [0.25, 0.3) is 5.56 Å². The summed E-state index contributed by atoms with van der Waals surface area (Å²) in [5, 5.41) is 14.6. The maximum absolute atomic E-state index is 12.8. The van der Waals surface area contributed by atoms with Gasteiger partial charge in [0.2, 0.25) is 16.7 Å². The average molecular weight is 455 g/mol. The second kappa shape index (κ2) is 10.2. The van der Waals surface area contributed by atoms with Crippen LogP contribution in [0.25, 0.3) is 5.69 Å². The van der Waals surface area contributed by atoms with Crippen LogP contribution < -0.4 is 20.5 Å². The zero-order valence-electron chi connectivity index (χ0n) is 18.0. The monoisotopic (exact) mass is 454 g/mol. The zero-order chi connectivity index (χ0) is 23.2. The van der Waals surface area contributed by atoms with Crippen LogP contribution in [-0.2, 0) is 20.7 Å². The fraction of sp³-hybridized carbons (Fsp3) is 0.421. The third-order valence-corrected chi connectivity index (χ3v) is 5.54. The second-order valence-corrected chi connectivity index (χ2v) is 7.81. The van der Waals surface area contributed by atoms with Crippen LogP contribution in [0.4, 0.5) is 0 Å². The van der Waals surface area contributed by atoms with Crippen molar-refractivity contribution in [1.29, 1.82) is 0 Å². The Morgan fingerprint density at radius 3 is 2.39 bits per heavy atom. The predicted octanol–water partition coefficient (Wildman–Crippen LogP) is 1.56. The van der Waals surface area contributed by atoms with Gasteiger partial charge in [-0.2, -0.15) is 13.4 Å². The normalized spacial score (nSPS) is 11.8. The molecule has 0 atom stereocenters. The molecular formula is C19H26N4O7S. The second-order valence-electron chi connectivity index (χ2n) is 6.33. The molecule has 12 heteroatoms. The van der Waals surface area contributed by atoms with Crippen molar-refractivity contribution in [2.24, 2.45) is 5.10 Å². The van der Waals surface area contributed by atoms with Crippen molar-refractivity contribution in [3.8, 4) is 23.1 Å². The molecule has 11 nitrogen and oxygen atoms in total. The lowest BCUT2D eigenvalue weighted by Crippen LogP contribution is -2.27. The molecule has 0 unspecified atom stereocenters. The number of aromatic hydroxyl groups is 1. The molecule has 0 fully saturated rings. The molecule has 0 amide bonds. The molecular weight excluding hydrogens is 428 g/mol. The van der Waals surface area contributed by atoms with E-state index in [1.807, 2.05) is 6.92 Å². The van der Waals surface area contributed by atoms with Gasteiger partial charge in [-0.15, -0.1) is 5.10 Å². The molecule has 31 heavy (non-hydrogen) atoms. The molecule has 0 aliphatic heterocycles. The van der Waals surface area contributed by atoms with Gasteiger partial charge in [0.15, 0.2) is 0 Å². The van der Waals surface area contributed by atoms with Gasteiger partial charge in [-0.3, -0.25) is 9.36 Å². The highest BCUT2D eigenvalue weighted by atomic mass is 32.2. The highest BCUT2D eigenvalue weighted by molar-refractivity contribution is 7.87. The molecule has 170 valence electrons.